The van der Waals surface area contributed by atoms with E-state index in [0.717, 1.165) is 35.8 Å². The molecule has 0 aliphatic rings. The maximum Gasteiger partial charge on any atom is 0.0947 e. The average molecular weight is 265 g/mol. The van der Waals surface area contributed by atoms with Crippen molar-refractivity contribution in [2.24, 2.45) is 0 Å². The monoisotopic (exact) mass is 265 g/mol. The van der Waals surface area contributed by atoms with E-state index in [9.17, 15) is 0 Å². The Labute approximate surface area is 111 Å². The summed E-state index contributed by atoms with van der Waals surface area (Å²) in [5.74, 6) is 0. The Morgan fingerprint density at radius 3 is 2.94 bits per heavy atom. The second kappa shape index (κ2) is 6.06. The fourth-order valence-corrected chi connectivity index (χ4v) is 2.77. The smallest absolute Gasteiger partial charge is 0.0947 e. The molecular weight excluding hydrogens is 246 g/mol. The quantitative estimate of drug-likeness (QED) is 0.867. The van der Waals surface area contributed by atoms with Crippen molar-refractivity contribution in [1.29, 1.82) is 0 Å². The van der Waals surface area contributed by atoms with Crippen molar-refractivity contribution in [2.45, 2.75) is 39.3 Å². The van der Waals surface area contributed by atoms with Gasteiger partial charge in [0.15, 0.2) is 0 Å². The molecule has 1 atom stereocenters. The zero-order chi connectivity index (χ0) is 13.0. The molecule has 0 bridgehead atoms. The third-order valence-electron chi connectivity index (χ3n) is 2.83. The number of hydrogen-bond donors (Lipinski definition) is 1. The molecule has 0 aliphatic heterocycles. The molecule has 1 N–H and O–H groups in total. The van der Waals surface area contributed by atoms with Gasteiger partial charge < -0.3 is 5.32 Å². The molecule has 0 radical (unpaired) electrons. The van der Waals surface area contributed by atoms with Crippen molar-refractivity contribution in [3.05, 3.63) is 28.0 Å². The predicted molar refractivity (Wildman–Crippen MR) is 72.7 cm³/mol. The highest BCUT2D eigenvalue weighted by Crippen LogP contribution is 2.20. The van der Waals surface area contributed by atoms with E-state index in [1.165, 1.54) is 0 Å². The zero-order valence-corrected chi connectivity index (χ0v) is 11.9. The van der Waals surface area contributed by atoms with Crippen molar-refractivity contribution in [3.63, 3.8) is 0 Å². The zero-order valence-electron chi connectivity index (χ0n) is 11.1. The van der Waals surface area contributed by atoms with Crippen LogP contribution in [0, 0.1) is 6.92 Å². The molecule has 2 heterocycles. The van der Waals surface area contributed by atoms with E-state index in [2.05, 4.69) is 32.9 Å². The van der Waals surface area contributed by atoms with Crippen LogP contribution in [-0.2, 0) is 13.0 Å². The van der Waals surface area contributed by atoms with Gasteiger partial charge in [-0.1, -0.05) is 12.1 Å². The standard InChI is InChI=1S/C12H19N5S/c1-4-5-17-11(7-14-16-17)10(13-3)6-12-15-9(2)8-18-12/h7-8,10,13H,4-6H2,1-3H3. The molecule has 0 saturated heterocycles. The maximum absolute atomic E-state index is 4.51. The Bertz CT molecular complexity index is 490. The highest BCUT2D eigenvalue weighted by Gasteiger charge is 2.17. The number of aromatic nitrogens is 4. The molecule has 0 amide bonds. The number of thiazole rings is 1. The lowest BCUT2D eigenvalue weighted by molar-refractivity contribution is 0.490. The van der Waals surface area contributed by atoms with E-state index in [-0.39, 0.29) is 6.04 Å². The second-order valence-electron chi connectivity index (χ2n) is 4.31. The van der Waals surface area contributed by atoms with Crippen molar-refractivity contribution in [1.82, 2.24) is 25.3 Å². The number of likely N-dealkylation sites (N-methyl/N-ethyl adjacent to an activating group) is 1. The third-order valence-corrected chi connectivity index (χ3v) is 3.82. The van der Waals surface area contributed by atoms with Gasteiger partial charge in [-0.2, -0.15) is 0 Å². The molecule has 0 spiro atoms. The predicted octanol–water partition coefficient (Wildman–Crippen LogP) is 1.96. The van der Waals surface area contributed by atoms with Crippen molar-refractivity contribution < 1.29 is 0 Å². The fraction of sp³-hybridized carbons (Fsp3) is 0.583. The molecule has 2 aromatic rings. The van der Waals surface area contributed by atoms with Crippen molar-refractivity contribution in [3.8, 4) is 0 Å². The van der Waals surface area contributed by atoms with Crippen LogP contribution in [0.4, 0.5) is 0 Å². The van der Waals surface area contributed by atoms with Crippen LogP contribution in [0.15, 0.2) is 11.6 Å². The van der Waals surface area contributed by atoms with Crippen LogP contribution in [0.25, 0.3) is 0 Å². The number of nitrogens with one attached hydrogen (secondary N) is 1. The van der Waals surface area contributed by atoms with Gasteiger partial charge in [0.1, 0.15) is 0 Å². The second-order valence-corrected chi connectivity index (χ2v) is 5.25. The van der Waals surface area contributed by atoms with E-state index < -0.39 is 0 Å². The molecule has 0 aromatic carbocycles. The summed E-state index contributed by atoms with van der Waals surface area (Å²) in [5.41, 5.74) is 2.22. The Morgan fingerprint density at radius 1 is 1.50 bits per heavy atom. The first-order valence-corrected chi connectivity index (χ1v) is 7.09. The van der Waals surface area contributed by atoms with Gasteiger partial charge >= 0.3 is 0 Å². The topological polar surface area (TPSA) is 55.6 Å². The van der Waals surface area contributed by atoms with E-state index >= 15 is 0 Å². The van der Waals surface area contributed by atoms with Crippen LogP contribution in [0.5, 0.6) is 0 Å². The van der Waals surface area contributed by atoms with Gasteiger partial charge in [-0.3, -0.25) is 0 Å². The van der Waals surface area contributed by atoms with Crippen LogP contribution >= 0.6 is 11.3 Å². The number of rotatable bonds is 6. The molecule has 5 nitrogen and oxygen atoms in total. The van der Waals surface area contributed by atoms with Crippen LogP contribution < -0.4 is 5.32 Å². The van der Waals surface area contributed by atoms with Gasteiger partial charge in [0.05, 0.1) is 22.9 Å². The Balaban J connectivity index is 2.14. The van der Waals surface area contributed by atoms with Gasteiger partial charge in [0.2, 0.25) is 0 Å². The van der Waals surface area contributed by atoms with E-state index in [4.69, 9.17) is 0 Å². The summed E-state index contributed by atoms with van der Waals surface area (Å²) in [7, 11) is 1.97. The first-order chi connectivity index (χ1) is 8.74. The van der Waals surface area contributed by atoms with E-state index in [1.54, 1.807) is 11.3 Å². The lowest BCUT2D eigenvalue weighted by atomic mass is 10.1. The Hall–Kier alpha value is -1.27. The van der Waals surface area contributed by atoms with Crippen molar-refractivity contribution in [2.75, 3.05) is 7.05 Å². The minimum atomic E-state index is 0.220. The average Bonchev–Trinajstić information content (AvgIpc) is 2.96. The van der Waals surface area contributed by atoms with Gasteiger partial charge in [-0.25, -0.2) is 9.67 Å². The molecule has 2 aromatic heterocycles. The van der Waals surface area contributed by atoms with Gasteiger partial charge in [-0.05, 0) is 20.4 Å². The maximum atomic E-state index is 4.51. The first kappa shape index (κ1) is 13.2. The normalized spacial score (nSPS) is 12.8. The summed E-state index contributed by atoms with van der Waals surface area (Å²) in [6, 6.07) is 0.220. The lowest BCUT2D eigenvalue weighted by Crippen LogP contribution is -2.22. The van der Waals surface area contributed by atoms with E-state index in [0.29, 0.717) is 0 Å². The summed E-state index contributed by atoms with van der Waals surface area (Å²) in [6.45, 7) is 5.08. The molecule has 2 rings (SSSR count). The van der Waals surface area contributed by atoms with E-state index in [1.807, 2.05) is 24.9 Å². The van der Waals surface area contributed by atoms with Crippen LogP contribution in [0.2, 0.25) is 0 Å². The molecular formula is C12H19N5S. The molecule has 0 saturated carbocycles. The highest BCUT2D eigenvalue weighted by atomic mass is 32.1. The molecule has 1 unspecified atom stereocenters. The molecule has 0 fully saturated rings. The fourth-order valence-electron chi connectivity index (χ4n) is 1.95. The lowest BCUT2D eigenvalue weighted by Gasteiger charge is -2.15. The van der Waals surface area contributed by atoms with Crippen LogP contribution in [0.3, 0.4) is 0 Å². The van der Waals surface area contributed by atoms with Gasteiger partial charge in [0.25, 0.3) is 0 Å². The van der Waals surface area contributed by atoms with Crippen LogP contribution in [0.1, 0.15) is 35.8 Å². The SMILES string of the molecule is CCCn1nncc1C(Cc1nc(C)cs1)NC. The molecule has 98 valence electrons. The summed E-state index contributed by atoms with van der Waals surface area (Å²) in [5, 5.41) is 14.7. The summed E-state index contributed by atoms with van der Waals surface area (Å²) in [6.07, 6.45) is 3.78. The molecule has 18 heavy (non-hydrogen) atoms. The molecule has 6 heteroatoms. The summed E-state index contributed by atoms with van der Waals surface area (Å²) >= 11 is 1.71. The highest BCUT2D eigenvalue weighted by molar-refractivity contribution is 7.09. The minimum absolute atomic E-state index is 0.220. The largest absolute Gasteiger partial charge is 0.311 e. The van der Waals surface area contributed by atoms with Crippen LogP contribution in [-0.4, -0.2) is 27.0 Å². The minimum Gasteiger partial charge on any atom is -0.311 e. The van der Waals surface area contributed by atoms with Gasteiger partial charge in [0, 0.05) is 24.0 Å². The Kier molecular flexibility index (Phi) is 4.43. The number of nitrogens with zero attached hydrogens (tertiary/aromatic N) is 4. The van der Waals surface area contributed by atoms with Crippen molar-refractivity contribution >= 4 is 11.3 Å². The Morgan fingerprint density at radius 2 is 2.33 bits per heavy atom. The summed E-state index contributed by atoms with van der Waals surface area (Å²) < 4.78 is 1.97. The van der Waals surface area contributed by atoms with Gasteiger partial charge in [-0.15, -0.1) is 16.4 Å². The number of aryl methyl sites for hydroxylation is 2. The third kappa shape index (κ3) is 2.94. The molecule has 0 aliphatic carbocycles. The first-order valence-electron chi connectivity index (χ1n) is 6.21. The summed E-state index contributed by atoms with van der Waals surface area (Å²) in [4.78, 5) is 4.51. The number of hydrogen-bond acceptors (Lipinski definition) is 5.